The van der Waals surface area contributed by atoms with Crippen LogP contribution in [0.4, 0.5) is 4.79 Å². The fourth-order valence-corrected chi connectivity index (χ4v) is 3.17. The van der Waals surface area contributed by atoms with Crippen molar-refractivity contribution in [2.24, 2.45) is 5.92 Å². The second-order valence-electron chi connectivity index (χ2n) is 10.4. The van der Waals surface area contributed by atoms with E-state index in [1.54, 1.807) is 0 Å². The van der Waals surface area contributed by atoms with E-state index < -0.39 is 24.3 Å². The molecule has 2 N–H and O–H groups in total. The molecular formula is C41H95NO9. The lowest BCUT2D eigenvalue weighted by molar-refractivity contribution is -0.255. The van der Waals surface area contributed by atoms with Crippen molar-refractivity contribution in [3.05, 3.63) is 0 Å². The SMILES string of the molecule is CC.CC.CC.CC.CCC.CCC.CCC.CCCCCCCCOC(O)CCC(=O)OCC(COO)COC(=O)OCCCN(CC)CC. The Morgan fingerprint density at radius 2 is 1.04 bits per heavy atom. The maximum Gasteiger partial charge on any atom is 0.508 e. The molecule has 0 heterocycles. The molecule has 0 aromatic rings. The monoisotopic (exact) mass is 746 g/mol. The van der Waals surface area contributed by atoms with E-state index in [0.29, 0.717) is 13.0 Å². The minimum Gasteiger partial charge on any atom is -0.465 e. The fourth-order valence-electron chi connectivity index (χ4n) is 3.17. The van der Waals surface area contributed by atoms with Crippen LogP contribution >= 0.6 is 0 Å². The van der Waals surface area contributed by atoms with Crippen LogP contribution in [0.3, 0.4) is 0 Å². The van der Waals surface area contributed by atoms with Crippen LogP contribution in [0.15, 0.2) is 0 Å². The van der Waals surface area contributed by atoms with E-state index in [-0.39, 0.29) is 39.3 Å². The number of rotatable bonds is 23. The number of nitrogens with zero attached hydrogens (tertiary/aromatic N) is 1. The lowest BCUT2D eigenvalue weighted by Gasteiger charge is -2.18. The molecule has 0 radical (unpaired) electrons. The van der Waals surface area contributed by atoms with E-state index in [0.717, 1.165) is 38.9 Å². The molecule has 0 aromatic heterocycles. The van der Waals surface area contributed by atoms with Crippen molar-refractivity contribution in [2.75, 3.05) is 52.7 Å². The number of aliphatic hydroxyl groups excluding tert-OH is 1. The van der Waals surface area contributed by atoms with E-state index in [1.807, 2.05) is 55.4 Å². The standard InChI is InChI=1S/C24H47NO9.3C3H8.4C2H6/c1-4-7-8-9-10-11-16-30-22(26)13-14-23(27)32-18-21(20-34-29)19-33-24(28)31-17-12-15-25(5-2)6-3;3*1-3-2;4*1-2/h21-22,26,29H,4-20H2,1-3H3;3*3H2,1-2H3;4*1-2H3. The summed E-state index contributed by atoms with van der Waals surface area (Å²) in [6, 6.07) is 0. The number of carbonyl (C=O) groups excluding carboxylic acids is 2. The van der Waals surface area contributed by atoms with Gasteiger partial charge in [0.05, 0.1) is 32.2 Å². The summed E-state index contributed by atoms with van der Waals surface area (Å²) in [5, 5.41) is 18.5. The van der Waals surface area contributed by atoms with E-state index in [1.165, 1.54) is 38.5 Å². The molecule has 0 aliphatic rings. The van der Waals surface area contributed by atoms with E-state index in [4.69, 9.17) is 24.2 Å². The maximum atomic E-state index is 11.9. The van der Waals surface area contributed by atoms with Crippen LogP contribution in [0.5, 0.6) is 0 Å². The topological polar surface area (TPSA) is 124 Å². The predicted octanol–water partition coefficient (Wildman–Crippen LogP) is 12.3. The van der Waals surface area contributed by atoms with Gasteiger partial charge in [-0.2, -0.15) is 0 Å². The largest absolute Gasteiger partial charge is 0.508 e. The van der Waals surface area contributed by atoms with Crippen LogP contribution in [-0.2, 0) is 28.6 Å². The molecule has 51 heavy (non-hydrogen) atoms. The first-order valence-electron chi connectivity index (χ1n) is 20.9. The third-order valence-electron chi connectivity index (χ3n) is 5.36. The van der Waals surface area contributed by atoms with E-state index in [9.17, 15) is 14.7 Å². The first kappa shape index (κ1) is 67.6. The highest BCUT2D eigenvalue weighted by Gasteiger charge is 2.17. The van der Waals surface area contributed by atoms with Gasteiger partial charge in [-0.3, -0.25) is 10.1 Å². The van der Waals surface area contributed by atoms with Gasteiger partial charge >= 0.3 is 12.1 Å². The highest BCUT2D eigenvalue weighted by Crippen LogP contribution is 2.08. The van der Waals surface area contributed by atoms with Gasteiger partial charge in [0, 0.05) is 19.6 Å². The average molecular weight is 746 g/mol. The van der Waals surface area contributed by atoms with Gasteiger partial charge in [0.15, 0.2) is 6.29 Å². The number of aliphatic hydroxyl groups is 1. The zero-order valence-electron chi connectivity index (χ0n) is 37.5. The third-order valence-corrected chi connectivity index (χ3v) is 5.36. The Bertz CT molecular complexity index is 533. The number of ether oxygens (including phenoxy) is 4. The smallest absolute Gasteiger partial charge is 0.465 e. The molecule has 0 aromatic carbocycles. The highest BCUT2D eigenvalue weighted by atomic mass is 17.1. The van der Waals surface area contributed by atoms with Crippen molar-refractivity contribution in [3.8, 4) is 0 Å². The Labute approximate surface area is 320 Å². The second kappa shape index (κ2) is 73.9. The van der Waals surface area contributed by atoms with Crippen LogP contribution in [-0.4, -0.2) is 86.3 Å². The maximum absolute atomic E-state index is 11.9. The van der Waals surface area contributed by atoms with Crippen LogP contribution in [0, 0.1) is 5.92 Å². The average Bonchev–Trinajstić information content (AvgIpc) is 3.16. The summed E-state index contributed by atoms with van der Waals surface area (Å²) >= 11 is 0. The molecule has 0 aliphatic heterocycles. The minimum atomic E-state index is -1.01. The number of unbranched alkanes of at least 4 members (excludes halogenated alkanes) is 5. The zero-order valence-corrected chi connectivity index (χ0v) is 37.5. The summed E-state index contributed by atoms with van der Waals surface area (Å²) in [4.78, 5) is 30.0. The quantitative estimate of drug-likeness (QED) is 0.0343. The van der Waals surface area contributed by atoms with Gasteiger partial charge in [0.25, 0.3) is 0 Å². The lowest BCUT2D eigenvalue weighted by atomic mass is 10.1. The summed E-state index contributed by atoms with van der Waals surface area (Å²) in [6.45, 7) is 38.1. The van der Waals surface area contributed by atoms with E-state index >= 15 is 0 Å². The molecule has 2 atom stereocenters. The number of carbonyl (C=O) groups is 2. The molecule has 0 saturated carbocycles. The van der Waals surface area contributed by atoms with Gasteiger partial charge < -0.3 is 29.0 Å². The van der Waals surface area contributed by atoms with Crippen molar-refractivity contribution in [2.45, 2.75) is 201 Å². The van der Waals surface area contributed by atoms with Gasteiger partial charge in [-0.25, -0.2) is 9.68 Å². The summed E-state index contributed by atoms with van der Waals surface area (Å²) in [5.74, 6) is -1.07. The molecule has 2 unspecified atom stereocenters. The molecule has 0 saturated heterocycles. The Morgan fingerprint density at radius 3 is 1.49 bits per heavy atom. The van der Waals surface area contributed by atoms with Crippen molar-refractivity contribution in [1.29, 1.82) is 0 Å². The van der Waals surface area contributed by atoms with Crippen molar-refractivity contribution in [3.63, 3.8) is 0 Å². The number of hydrogen-bond donors (Lipinski definition) is 2. The Balaban J connectivity index is -0.000000154. The summed E-state index contributed by atoms with van der Waals surface area (Å²) in [6.07, 6.45) is 9.51. The minimum absolute atomic E-state index is 0.0141. The molecule has 0 rings (SSSR count). The molecule has 0 fully saturated rings. The molecule has 0 amide bonds. The Morgan fingerprint density at radius 1 is 0.588 bits per heavy atom. The highest BCUT2D eigenvalue weighted by molar-refractivity contribution is 5.69. The zero-order chi connectivity index (χ0) is 41.6. The normalized spacial score (nSPS) is 10.2. The number of esters is 1. The van der Waals surface area contributed by atoms with Gasteiger partial charge in [-0.1, -0.05) is 169 Å². The molecule has 0 aliphatic carbocycles. The molecular weight excluding hydrogens is 650 g/mol. The second-order valence-corrected chi connectivity index (χ2v) is 10.4. The Kier molecular flexibility index (Phi) is 98.0. The van der Waals surface area contributed by atoms with Crippen LogP contribution in [0.1, 0.15) is 195 Å². The third kappa shape index (κ3) is 78.7. The van der Waals surface area contributed by atoms with Crippen LogP contribution in [0.2, 0.25) is 0 Å². The van der Waals surface area contributed by atoms with Gasteiger partial charge in [0.1, 0.15) is 6.61 Å². The molecule has 0 bridgehead atoms. The van der Waals surface area contributed by atoms with Gasteiger partial charge in [-0.15, -0.1) is 0 Å². The number of hydrogen-bond acceptors (Lipinski definition) is 10. The Hall–Kier alpha value is -1.46. The first-order chi connectivity index (χ1) is 24.7. The van der Waals surface area contributed by atoms with Gasteiger partial charge in [0.2, 0.25) is 0 Å². The predicted molar refractivity (Wildman–Crippen MR) is 221 cm³/mol. The van der Waals surface area contributed by atoms with Crippen LogP contribution < -0.4 is 0 Å². The fraction of sp³-hybridized carbons (Fsp3) is 0.951. The summed E-state index contributed by atoms with van der Waals surface area (Å²) < 4.78 is 20.5. The lowest BCUT2D eigenvalue weighted by Crippen LogP contribution is -2.26. The van der Waals surface area contributed by atoms with Crippen molar-refractivity contribution >= 4 is 12.1 Å². The molecule has 0 spiro atoms. The van der Waals surface area contributed by atoms with Crippen LogP contribution in [0.25, 0.3) is 0 Å². The first-order valence-corrected chi connectivity index (χ1v) is 20.9. The van der Waals surface area contributed by atoms with Gasteiger partial charge in [-0.05, 0) is 25.9 Å². The summed E-state index contributed by atoms with van der Waals surface area (Å²) in [5.41, 5.74) is 0. The van der Waals surface area contributed by atoms with E-state index in [2.05, 4.69) is 72.1 Å². The summed E-state index contributed by atoms with van der Waals surface area (Å²) in [7, 11) is 0. The molecule has 10 heteroatoms. The van der Waals surface area contributed by atoms with Crippen molar-refractivity contribution < 1.29 is 43.8 Å². The molecule has 318 valence electrons. The molecule has 10 nitrogen and oxygen atoms in total. The van der Waals surface area contributed by atoms with Crippen molar-refractivity contribution in [1.82, 2.24) is 4.90 Å².